The van der Waals surface area contributed by atoms with Crippen LogP contribution in [0.25, 0.3) is 0 Å². The number of phenols is 2. The van der Waals surface area contributed by atoms with Gasteiger partial charge in [-0.2, -0.15) is 0 Å². The maximum Gasteiger partial charge on any atom is 0.202 e. The molecule has 8 atom stereocenters. The summed E-state index contributed by atoms with van der Waals surface area (Å²) >= 11 is 0. The molecule has 3 aliphatic heterocycles. The van der Waals surface area contributed by atoms with Crippen LogP contribution in [-0.4, -0.2) is 119 Å². The van der Waals surface area contributed by atoms with Gasteiger partial charge in [-0.05, 0) is 13.0 Å². The highest BCUT2D eigenvalue weighted by atomic mass is 16.7. The summed E-state index contributed by atoms with van der Waals surface area (Å²) in [5.74, 6) is -3.61. The Morgan fingerprint density at radius 1 is 1.09 bits per heavy atom. The van der Waals surface area contributed by atoms with Crippen molar-refractivity contribution in [3.8, 4) is 17.2 Å². The monoisotopic (exact) mass is 641 g/mol. The summed E-state index contributed by atoms with van der Waals surface area (Å²) in [7, 11) is 2.88. The maximum absolute atomic E-state index is 13.9. The molecule has 0 spiro atoms. The molecule has 14 nitrogen and oxygen atoms in total. The minimum atomic E-state index is -2.23. The van der Waals surface area contributed by atoms with Crippen molar-refractivity contribution in [2.45, 2.75) is 74.9 Å². The number of nitrogens with zero attached hydrogens (tertiary/aromatic N) is 1. The number of hydrogen-bond acceptors (Lipinski definition) is 14. The van der Waals surface area contributed by atoms with E-state index in [0.29, 0.717) is 19.6 Å². The number of aliphatic hydroxyl groups is 2. The molecule has 5 aliphatic rings. The number of aromatic hydroxyl groups is 2. The maximum atomic E-state index is 13.9. The van der Waals surface area contributed by atoms with Crippen molar-refractivity contribution in [1.29, 1.82) is 0 Å². The van der Waals surface area contributed by atoms with E-state index in [0.717, 1.165) is 0 Å². The molecule has 0 radical (unpaired) electrons. The van der Waals surface area contributed by atoms with Gasteiger partial charge in [-0.15, -0.1) is 0 Å². The molecule has 46 heavy (non-hydrogen) atoms. The number of morpholine rings is 1. The van der Waals surface area contributed by atoms with Crippen LogP contribution in [0.1, 0.15) is 68.8 Å². The lowest BCUT2D eigenvalue weighted by Gasteiger charge is -2.43. The number of ether oxygens (including phenoxy) is 6. The van der Waals surface area contributed by atoms with Gasteiger partial charge in [0.1, 0.15) is 35.6 Å². The zero-order valence-corrected chi connectivity index (χ0v) is 25.4. The number of phenolic OH excluding ortho intramolecular Hbond substituents is 2. The molecular weight excluding hydrogens is 606 g/mol. The van der Waals surface area contributed by atoms with Gasteiger partial charge in [-0.25, -0.2) is 0 Å². The van der Waals surface area contributed by atoms with E-state index in [-0.39, 0.29) is 40.1 Å². The van der Waals surface area contributed by atoms with Gasteiger partial charge < -0.3 is 48.8 Å². The Balaban J connectivity index is 1.30. The summed E-state index contributed by atoms with van der Waals surface area (Å²) < 4.78 is 35.3. The molecule has 3 saturated heterocycles. The van der Waals surface area contributed by atoms with Gasteiger partial charge in [0.05, 0.1) is 42.6 Å². The van der Waals surface area contributed by atoms with E-state index in [1.165, 1.54) is 32.4 Å². The largest absolute Gasteiger partial charge is 0.507 e. The summed E-state index contributed by atoms with van der Waals surface area (Å²) in [6, 6.07) is 4.26. The predicted octanol–water partition coefficient (Wildman–Crippen LogP) is 0.711. The lowest BCUT2D eigenvalue weighted by molar-refractivity contribution is -0.256. The summed E-state index contributed by atoms with van der Waals surface area (Å²) in [5, 5.41) is 44.5. The van der Waals surface area contributed by atoms with Crippen molar-refractivity contribution < 1.29 is 63.2 Å². The van der Waals surface area contributed by atoms with Crippen LogP contribution in [0.15, 0.2) is 18.2 Å². The first-order valence-electron chi connectivity index (χ1n) is 15.1. The third-order valence-electron chi connectivity index (χ3n) is 9.84. The SMILES string of the molecule is COc1cccc2c1C(=O)c1c(O)c3c(c(O)c1C2=O)CC(O)(C(=O)CO)CC3OC1CC2C(OC3C(OC)OCCN23)C(C)O1. The number of Topliss-reactive ketones (excluding diaryl/α,β-unsaturated/α-hetero) is 1. The number of carbonyl (C=O) groups is 3. The molecular formula is C32H35NO13. The van der Waals surface area contributed by atoms with Crippen LogP contribution in [0.5, 0.6) is 17.2 Å². The number of fused-ring (bicyclic) bond motifs is 6. The van der Waals surface area contributed by atoms with Crippen LogP contribution in [-0.2, 0) is 34.9 Å². The standard InChI is InChI=1S/C32H35NO13/c1-13-29-16(33-7-8-43-31(42-3)30(33)46-29)9-20(44-13)45-18-11-32(40,19(35)12-34)10-15-22(18)28(39)24-23(26(15)37)25(36)14-5-4-6-17(41-2)21(14)27(24)38/h4-6,13,16,18,20,29-31,34,37,39-40H,7-12H2,1-3H3. The van der Waals surface area contributed by atoms with Crippen molar-refractivity contribution in [2.75, 3.05) is 34.0 Å². The Morgan fingerprint density at radius 2 is 1.85 bits per heavy atom. The Morgan fingerprint density at radius 3 is 2.57 bits per heavy atom. The Kier molecular flexibility index (Phi) is 7.68. The summed E-state index contributed by atoms with van der Waals surface area (Å²) in [5.41, 5.74) is -3.43. The molecule has 3 heterocycles. The van der Waals surface area contributed by atoms with Gasteiger partial charge in [0, 0.05) is 55.6 Å². The van der Waals surface area contributed by atoms with E-state index < -0.39 is 96.0 Å². The second kappa shape index (κ2) is 11.3. The van der Waals surface area contributed by atoms with Gasteiger partial charge in [0.25, 0.3) is 0 Å². The molecule has 2 aromatic rings. The van der Waals surface area contributed by atoms with Gasteiger partial charge in [0.2, 0.25) is 5.78 Å². The van der Waals surface area contributed by atoms with E-state index in [9.17, 15) is 34.8 Å². The summed E-state index contributed by atoms with van der Waals surface area (Å²) in [6.07, 6.45) is -4.79. The fraction of sp³-hybridized carbons (Fsp3) is 0.531. The molecule has 14 heteroatoms. The average molecular weight is 642 g/mol. The molecule has 7 rings (SSSR count). The zero-order valence-electron chi connectivity index (χ0n) is 25.4. The van der Waals surface area contributed by atoms with Crippen LogP contribution in [0.4, 0.5) is 0 Å². The van der Waals surface area contributed by atoms with Crippen LogP contribution >= 0.6 is 0 Å². The van der Waals surface area contributed by atoms with Crippen molar-refractivity contribution in [2.24, 2.45) is 0 Å². The molecule has 2 aliphatic carbocycles. The number of benzene rings is 2. The highest BCUT2D eigenvalue weighted by Crippen LogP contribution is 2.53. The Bertz CT molecular complexity index is 1630. The van der Waals surface area contributed by atoms with Gasteiger partial charge >= 0.3 is 0 Å². The molecule has 0 aromatic heterocycles. The molecule has 2 aromatic carbocycles. The topological polar surface area (TPSA) is 191 Å². The van der Waals surface area contributed by atoms with Gasteiger partial charge in [0.15, 0.2) is 30.4 Å². The van der Waals surface area contributed by atoms with E-state index in [2.05, 4.69) is 4.90 Å². The van der Waals surface area contributed by atoms with Crippen LogP contribution < -0.4 is 4.74 Å². The first-order chi connectivity index (χ1) is 22.0. The van der Waals surface area contributed by atoms with E-state index in [4.69, 9.17) is 28.4 Å². The number of ketones is 3. The van der Waals surface area contributed by atoms with Crippen molar-refractivity contribution in [3.63, 3.8) is 0 Å². The third kappa shape index (κ3) is 4.51. The summed E-state index contributed by atoms with van der Waals surface area (Å²) in [4.78, 5) is 42.6. The van der Waals surface area contributed by atoms with Crippen LogP contribution in [0.3, 0.4) is 0 Å². The predicted molar refractivity (Wildman–Crippen MR) is 154 cm³/mol. The number of rotatable bonds is 6. The smallest absolute Gasteiger partial charge is 0.202 e. The minimum Gasteiger partial charge on any atom is -0.507 e. The first-order valence-corrected chi connectivity index (χ1v) is 15.1. The van der Waals surface area contributed by atoms with E-state index >= 15 is 0 Å². The van der Waals surface area contributed by atoms with Crippen molar-refractivity contribution >= 4 is 17.3 Å². The number of carbonyl (C=O) groups excluding carboxylic acids is 3. The highest BCUT2D eigenvalue weighted by molar-refractivity contribution is 6.31. The van der Waals surface area contributed by atoms with Crippen molar-refractivity contribution in [1.82, 2.24) is 4.90 Å². The molecule has 3 fully saturated rings. The first kappa shape index (κ1) is 31.1. The normalized spacial score (nSPS) is 33.5. The second-order valence-corrected chi connectivity index (χ2v) is 12.3. The van der Waals surface area contributed by atoms with Crippen LogP contribution in [0.2, 0.25) is 0 Å². The number of methoxy groups -OCH3 is 2. The molecule has 0 bridgehead atoms. The lowest BCUT2D eigenvalue weighted by atomic mass is 9.72. The third-order valence-corrected chi connectivity index (χ3v) is 9.84. The average Bonchev–Trinajstić information content (AvgIpc) is 3.43. The Hall–Kier alpha value is -3.47. The lowest BCUT2D eigenvalue weighted by Crippen LogP contribution is -2.55. The van der Waals surface area contributed by atoms with Gasteiger partial charge in [-0.3, -0.25) is 19.3 Å². The molecule has 0 amide bonds. The molecule has 0 saturated carbocycles. The zero-order chi connectivity index (χ0) is 32.7. The highest BCUT2D eigenvalue weighted by Gasteiger charge is 2.55. The quantitative estimate of drug-likeness (QED) is 0.275. The minimum absolute atomic E-state index is 0.0353. The number of aliphatic hydroxyl groups excluding tert-OH is 1. The molecule has 4 N–H and O–H groups in total. The van der Waals surface area contributed by atoms with Gasteiger partial charge in [-0.1, -0.05) is 12.1 Å². The fourth-order valence-corrected chi connectivity index (χ4v) is 7.69. The van der Waals surface area contributed by atoms with Crippen molar-refractivity contribution in [3.05, 3.63) is 51.6 Å². The van der Waals surface area contributed by atoms with E-state index in [1.807, 2.05) is 6.92 Å². The Labute approximate surface area is 263 Å². The fourth-order valence-electron chi connectivity index (χ4n) is 7.69. The number of hydrogen-bond donors (Lipinski definition) is 4. The molecule has 246 valence electrons. The van der Waals surface area contributed by atoms with Crippen LogP contribution in [0, 0.1) is 0 Å². The second-order valence-electron chi connectivity index (χ2n) is 12.3. The van der Waals surface area contributed by atoms with E-state index in [1.54, 1.807) is 0 Å². The molecule has 8 unspecified atom stereocenters. The summed E-state index contributed by atoms with van der Waals surface area (Å²) in [6.45, 7) is 1.82.